The maximum absolute atomic E-state index is 3.75. The van der Waals surface area contributed by atoms with Crippen LogP contribution in [0.15, 0.2) is 11.4 Å². The van der Waals surface area contributed by atoms with Crippen LogP contribution in [0.4, 0.5) is 0 Å². The van der Waals surface area contributed by atoms with Crippen LogP contribution in [0.5, 0.6) is 0 Å². The van der Waals surface area contributed by atoms with Crippen LogP contribution in [0, 0.1) is 12.3 Å². The van der Waals surface area contributed by atoms with Gasteiger partial charge in [-0.15, -0.1) is 11.3 Å². The topological polar surface area (TPSA) is 12.0 Å². The first-order chi connectivity index (χ1) is 8.07. The Morgan fingerprint density at radius 1 is 1.35 bits per heavy atom. The summed E-state index contributed by atoms with van der Waals surface area (Å²) in [5.74, 6) is 0. The van der Waals surface area contributed by atoms with Crippen molar-refractivity contribution in [3.8, 4) is 0 Å². The molecule has 0 saturated heterocycles. The summed E-state index contributed by atoms with van der Waals surface area (Å²) in [6, 6.07) is 2.95. The second-order valence-electron chi connectivity index (χ2n) is 6.20. The smallest absolute Gasteiger partial charge is 0.0304 e. The lowest BCUT2D eigenvalue weighted by Crippen LogP contribution is -2.28. The van der Waals surface area contributed by atoms with Crippen molar-refractivity contribution < 1.29 is 0 Å². The minimum Gasteiger partial charge on any atom is -0.309 e. The van der Waals surface area contributed by atoms with E-state index in [1.54, 1.807) is 0 Å². The van der Waals surface area contributed by atoms with E-state index >= 15 is 0 Å². The molecule has 0 spiro atoms. The summed E-state index contributed by atoms with van der Waals surface area (Å²) in [4.78, 5) is 1.51. The zero-order chi connectivity index (χ0) is 12.3. The van der Waals surface area contributed by atoms with Gasteiger partial charge in [0, 0.05) is 17.5 Å². The summed E-state index contributed by atoms with van der Waals surface area (Å²) in [6.45, 7) is 8.11. The van der Waals surface area contributed by atoms with Gasteiger partial charge in [0.25, 0.3) is 0 Å². The molecule has 1 aliphatic carbocycles. The molecule has 0 amide bonds. The summed E-state index contributed by atoms with van der Waals surface area (Å²) in [7, 11) is 0. The van der Waals surface area contributed by atoms with Crippen LogP contribution in [0.2, 0.25) is 0 Å². The summed E-state index contributed by atoms with van der Waals surface area (Å²) in [6.07, 6.45) is 6.84. The van der Waals surface area contributed by atoms with Crippen molar-refractivity contribution in [3.05, 3.63) is 21.9 Å². The molecule has 1 N–H and O–H groups in total. The Balaban J connectivity index is 1.82. The summed E-state index contributed by atoms with van der Waals surface area (Å²) < 4.78 is 0. The molecule has 96 valence electrons. The summed E-state index contributed by atoms with van der Waals surface area (Å²) >= 11 is 1.88. The van der Waals surface area contributed by atoms with Gasteiger partial charge in [-0.2, -0.15) is 0 Å². The Kier molecular flexibility index (Phi) is 4.26. The van der Waals surface area contributed by atoms with E-state index < -0.39 is 0 Å². The van der Waals surface area contributed by atoms with Gasteiger partial charge in [0.05, 0.1) is 0 Å². The van der Waals surface area contributed by atoms with E-state index in [1.165, 1.54) is 42.5 Å². The standard InChI is InChI=1S/C15H25NS/c1-12-7-10-17-14(12)11-16-13-5-4-8-15(2,3)9-6-13/h7,10,13,16H,4-6,8-9,11H2,1-3H3. The second-order valence-corrected chi connectivity index (χ2v) is 7.20. The molecule has 0 aliphatic heterocycles. The molecule has 17 heavy (non-hydrogen) atoms. The molecule has 2 rings (SSSR count). The Labute approximate surface area is 110 Å². The minimum atomic E-state index is 0.565. The minimum absolute atomic E-state index is 0.565. The number of hydrogen-bond acceptors (Lipinski definition) is 2. The Morgan fingerprint density at radius 3 is 2.88 bits per heavy atom. The van der Waals surface area contributed by atoms with E-state index in [4.69, 9.17) is 0 Å². The average molecular weight is 251 g/mol. The van der Waals surface area contributed by atoms with Crippen molar-refractivity contribution in [3.63, 3.8) is 0 Å². The van der Waals surface area contributed by atoms with E-state index in [-0.39, 0.29) is 0 Å². The zero-order valence-corrected chi connectivity index (χ0v) is 12.2. The highest BCUT2D eigenvalue weighted by molar-refractivity contribution is 7.10. The average Bonchev–Trinajstić information content (AvgIpc) is 2.58. The molecule has 0 aromatic carbocycles. The predicted molar refractivity (Wildman–Crippen MR) is 76.5 cm³/mol. The fourth-order valence-corrected chi connectivity index (χ4v) is 3.54. The van der Waals surface area contributed by atoms with Crippen molar-refractivity contribution in [1.82, 2.24) is 5.32 Å². The van der Waals surface area contributed by atoms with Gasteiger partial charge in [-0.3, -0.25) is 0 Å². The van der Waals surface area contributed by atoms with Crippen LogP contribution < -0.4 is 5.32 Å². The Bertz CT molecular complexity index is 354. The van der Waals surface area contributed by atoms with E-state index in [1.807, 2.05) is 11.3 Å². The Hall–Kier alpha value is -0.340. The third-order valence-electron chi connectivity index (χ3n) is 4.10. The molecule has 1 heterocycles. The fraction of sp³-hybridized carbons (Fsp3) is 0.733. The van der Waals surface area contributed by atoms with Crippen LogP contribution in [0.3, 0.4) is 0 Å². The lowest BCUT2D eigenvalue weighted by atomic mass is 9.85. The van der Waals surface area contributed by atoms with E-state index in [0.717, 1.165) is 12.6 Å². The lowest BCUT2D eigenvalue weighted by molar-refractivity contribution is 0.309. The van der Waals surface area contributed by atoms with Crippen molar-refractivity contribution in [2.45, 2.75) is 65.5 Å². The number of thiophene rings is 1. The zero-order valence-electron chi connectivity index (χ0n) is 11.4. The van der Waals surface area contributed by atoms with Gasteiger partial charge >= 0.3 is 0 Å². The van der Waals surface area contributed by atoms with E-state index in [0.29, 0.717) is 5.41 Å². The molecule has 1 aromatic rings. The van der Waals surface area contributed by atoms with Gasteiger partial charge in [0.15, 0.2) is 0 Å². The van der Waals surface area contributed by atoms with Gasteiger partial charge in [-0.05, 0) is 55.0 Å². The number of rotatable bonds is 3. The third kappa shape index (κ3) is 3.82. The summed E-state index contributed by atoms with van der Waals surface area (Å²) in [5, 5.41) is 5.95. The van der Waals surface area contributed by atoms with Gasteiger partial charge in [-0.1, -0.05) is 20.3 Å². The van der Waals surface area contributed by atoms with Crippen LogP contribution in [-0.4, -0.2) is 6.04 Å². The van der Waals surface area contributed by atoms with Crippen LogP contribution in [0.25, 0.3) is 0 Å². The quantitative estimate of drug-likeness (QED) is 0.780. The van der Waals surface area contributed by atoms with Gasteiger partial charge in [-0.25, -0.2) is 0 Å². The SMILES string of the molecule is Cc1ccsc1CNC1CCCC(C)(C)CC1. The van der Waals surface area contributed by atoms with Crippen molar-refractivity contribution in [2.75, 3.05) is 0 Å². The monoisotopic (exact) mass is 251 g/mol. The third-order valence-corrected chi connectivity index (χ3v) is 5.12. The first-order valence-corrected chi connectivity index (χ1v) is 7.71. The highest BCUT2D eigenvalue weighted by atomic mass is 32.1. The van der Waals surface area contributed by atoms with Crippen LogP contribution in [-0.2, 0) is 6.54 Å². The van der Waals surface area contributed by atoms with Gasteiger partial charge < -0.3 is 5.32 Å². The molecule has 0 bridgehead atoms. The molecule has 1 aliphatic rings. The van der Waals surface area contributed by atoms with Gasteiger partial charge in [0.2, 0.25) is 0 Å². The lowest BCUT2D eigenvalue weighted by Gasteiger charge is -2.22. The van der Waals surface area contributed by atoms with Crippen LogP contribution in [0.1, 0.15) is 56.4 Å². The van der Waals surface area contributed by atoms with Crippen molar-refractivity contribution >= 4 is 11.3 Å². The first-order valence-electron chi connectivity index (χ1n) is 6.83. The highest BCUT2D eigenvalue weighted by Gasteiger charge is 2.23. The maximum Gasteiger partial charge on any atom is 0.0304 e. The number of nitrogens with one attached hydrogen (secondary N) is 1. The Morgan fingerprint density at radius 2 is 2.18 bits per heavy atom. The molecule has 1 saturated carbocycles. The first kappa shape index (κ1) is 13.1. The molecular weight excluding hydrogens is 226 g/mol. The number of hydrogen-bond donors (Lipinski definition) is 1. The number of aryl methyl sites for hydroxylation is 1. The molecular formula is C15H25NS. The largest absolute Gasteiger partial charge is 0.309 e. The normalized spacial score (nSPS) is 24.5. The highest BCUT2D eigenvalue weighted by Crippen LogP contribution is 2.33. The molecule has 2 heteroatoms. The van der Waals surface area contributed by atoms with Crippen molar-refractivity contribution in [2.24, 2.45) is 5.41 Å². The molecule has 1 atom stereocenters. The molecule has 1 aromatic heterocycles. The van der Waals surface area contributed by atoms with Crippen LogP contribution >= 0.6 is 11.3 Å². The molecule has 1 fully saturated rings. The molecule has 1 unspecified atom stereocenters. The molecule has 1 nitrogen and oxygen atoms in total. The maximum atomic E-state index is 3.75. The molecule has 0 radical (unpaired) electrons. The summed E-state index contributed by atoms with van der Waals surface area (Å²) in [5.41, 5.74) is 2.01. The second kappa shape index (κ2) is 5.53. The predicted octanol–water partition coefficient (Wildman–Crippen LogP) is 4.51. The van der Waals surface area contributed by atoms with E-state index in [2.05, 4.69) is 37.5 Å². The van der Waals surface area contributed by atoms with Crippen molar-refractivity contribution in [1.29, 1.82) is 0 Å². The van der Waals surface area contributed by atoms with E-state index in [9.17, 15) is 0 Å². The fourth-order valence-electron chi connectivity index (χ4n) is 2.69. The van der Waals surface area contributed by atoms with Gasteiger partial charge in [0.1, 0.15) is 0 Å².